The molecule has 82 valence electrons. The largest absolute Gasteiger partial charge is 0.0840 e. The molecule has 0 nitrogen and oxygen atoms in total. The Kier molecular flexibility index (Phi) is 3.02. The van der Waals surface area contributed by atoms with E-state index in [4.69, 9.17) is 11.6 Å². The minimum atomic E-state index is 0.842. The minimum Gasteiger partial charge on any atom is -0.0840 e. The second kappa shape index (κ2) is 4.31. The molecular formula is C15H15Cl. The fourth-order valence-electron chi connectivity index (χ4n) is 1.95. The Morgan fingerprint density at radius 1 is 0.750 bits per heavy atom. The maximum atomic E-state index is 6.11. The Morgan fingerprint density at radius 2 is 1.44 bits per heavy atom. The third-order valence-electron chi connectivity index (χ3n) is 3.16. The molecule has 0 bridgehead atoms. The smallest absolute Gasteiger partial charge is 0.0438 e. The molecule has 0 amide bonds. The Balaban J connectivity index is 2.66. The zero-order valence-corrected chi connectivity index (χ0v) is 10.6. The first-order valence-corrected chi connectivity index (χ1v) is 5.80. The summed E-state index contributed by atoms with van der Waals surface area (Å²) in [4.78, 5) is 0. The highest BCUT2D eigenvalue weighted by Gasteiger charge is 2.08. The van der Waals surface area contributed by atoms with E-state index in [0.717, 1.165) is 5.02 Å². The lowest BCUT2D eigenvalue weighted by Crippen LogP contribution is -1.90. The molecule has 0 radical (unpaired) electrons. The number of rotatable bonds is 1. The molecule has 0 aromatic heterocycles. The van der Waals surface area contributed by atoms with Gasteiger partial charge in [-0.15, -0.1) is 0 Å². The van der Waals surface area contributed by atoms with Crippen LogP contribution < -0.4 is 0 Å². The van der Waals surface area contributed by atoms with Crippen molar-refractivity contribution in [2.75, 3.05) is 0 Å². The molecule has 0 fully saturated rings. The number of halogens is 1. The summed E-state index contributed by atoms with van der Waals surface area (Å²) >= 11 is 6.11. The van der Waals surface area contributed by atoms with Gasteiger partial charge in [0, 0.05) is 5.02 Å². The molecule has 0 saturated carbocycles. The van der Waals surface area contributed by atoms with E-state index in [-0.39, 0.29) is 0 Å². The maximum Gasteiger partial charge on any atom is 0.0438 e. The number of hydrogen-bond acceptors (Lipinski definition) is 0. The fourth-order valence-corrected chi connectivity index (χ4v) is 2.16. The normalized spacial score (nSPS) is 10.5. The van der Waals surface area contributed by atoms with Crippen molar-refractivity contribution >= 4 is 11.6 Å². The zero-order chi connectivity index (χ0) is 11.7. The fraction of sp³-hybridized carbons (Fsp3) is 0.200. The molecule has 0 aliphatic rings. The van der Waals surface area contributed by atoms with Crippen LogP contribution in [-0.2, 0) is 0 Å². The van der Waals surface area contributed by atoms with Crippen molar-refractivity contribution in [3.05, 3.63) is 58.1 Å². The number of benzene rings is 2. The summed E-state index contributed by atoms with van der Waals surface area (Å²) in [5, 5.41) is 0.842. The van der Waals surface area contributed by atoms with E-state index >= 15 is 0 Å². The average molecular weight is 231 g/mol. The highest BCUT2D eigenvalue weighted by atomic mass is 35.5. The lowest BCUT2D eigenvalue weighted by molar-refractivity contribution is 1.33. The zero-order valence-electron chi connectivity index (χ0n) is 9.84. The summed E-state index contributed by atoms with van der Waals surface area (Å²) in [6.07, 6.45) is 0. The van der Waals surface area contributed by atoms with Gasteiger partial charge in [0.15, 0.2) is 0 Å². The molecule has 0 saturated heterocycles. The second-order valence-electron chi connectivity index (χ2n) is 4.16. The Bertz CT molecular complexity index is 527. The molecule has 1 heteroatoms. The van der Waals surface area contributed by atoms with Gasteiger partial charge in [0.1, 0.15) is 0 Å². The first kappa shape index (κ1) is 11.2. The van der Waals surface area contributed by atoms with E-state index in [1.807, 2.05) is 6.07 Å². The molecular weight excluding hydrogens is 216 g/mol. The molecule has 0 aliphatic carbocycles. The minimum absolute atomic E-state index is 0.842. The molecule has 0 atom stereocenters. The van der Waals surface area contributed by atoms with Gasteiger partial charge in [-0.1, -0.05) is 41.9 Å². The van der Waals surface area contributed by atoms with Crippen molar-refractivity contribution < 1.29 is 0 Å². The van der Waals surface area contributed by atoms with Crippen LogP contribution in [-0.4, -0.2) is 0 Å². The van der Waals surface area contributed by atoms with Gasteiger partial charge in [0.2, 0.25) is 0 Å². The Hall–Kier alpha value is -1.27. The van der Waals surface area contributed by atoms with Gasteiger partial charge in [-0.25, -0.2) is 0 Å². The predicted molar refractivity (Wildman–Crippen MR) is 71.1 cm³/mol. The Labute approximate surface area is 102 Å². The second-order valence-corrected chi connectivity index (χ2v) is 4.57. The van der Waals surface area contributed by atoms with E-state index in [0.29, 0.717) is 0 Å². The van der Waals surface area contributed by atoms with Crippen molar-refractivity contribution in [1.29, 1.82) is 0 Å². The molecule has 2 aromatic rings. The quantitative estimate of drug-likeness (QED) is 0.652. The van der Waals surface area contributed by atoms with Crippen LogP contribution in [0.5, 0.6) is 0 Å². The molecule has 0 spiro atoms. The first-order valence-electron chi connectivity index (χ1n) is 5.43. The van der Waals surface area contributed by atoms with Crippen molar-refractivity contribution in [1.82, 2.24) is 0 Å². The van der Waals surface area contributed by atoms with E-state index in [9.17, 15) is 0 Å². The van der Waals surface area contributed by atoms with Crippen LogP contribution in [0.3, 0.4) is 0 Å². The lowest BCUT2D eigenvalue weighted by Gasteiger charge is -2.12. The van der Waals surface area contributed by atoms with Gasteiger partial charge in [0.25, 0.3) is 0 Å². The Morgan fingerprint density at radius 3 is 2.12 bits per heavy atom. The highest BCUT2D eigenvalue weighted by molar-refractivity contribution is 6.31. The maximum absolute atomic E-state index is 6.11. The van der Waals surface area contributed by atoms with Gasteiger partial charge in [-0.05, 0) is 54.7 Å². The van der Waals surface area contributed by atoms with E-state index < -0.39 is 0 Å². The predicted octanol–water partition coefficient (Wildman–Crippen LogP) is 4.93. The standard InChI is InChI=1S/C15H15Cl/c1-10-6-4-5-7-13(10)14-8-9-15(16)12(3)11(14)2/h4-9H,1-3H3. The third-order valence-corrected chi connectivity index (χ3v) is 3.57. The topological polar surface area (TPSA) is 0 Å². The highest BCUT2D eigenvalue weighted by Crippen LogP contribution is 2.31. The van der Waals surface area contributed by atoms with E-state index in [2.05, 4.69) is 51.1 Å². The van der Waals surface area contributed by atoms with Gasteiger partial charge in [-0.3, -0.25) is 0 Å². The lowest BCUT2D eigenvalue weighted by atomic mass is 9.94. The molecule has 2 rings (SSSR count). The van der Waals surface area contributed by atoms with E-state index in [1.54, 1.807) is 0 Å². The van der Waals surface area contributed by atoms with Crippen molar-refractivity contribution in [3.63, 3.8) is 0 Å². The van der Waals surface area contributed by atoms with Crippen LogP contribution in [0.4, 0.5) is 0 Å². The SMILES string of the molecule is Cc1ccccc1-c1ccc(Cl)c(C)c1C. The summed E-state index contributed by atoms with van der Waals surface area (Å²) < 4.78 is 0. The van der Waals surface area contributed by atoms with Crippen LogP contribution >= 0.6 is 11.6 Å². The first-order chi connectivity index (χ1) is 7.61. The van der Waals surface area contributed by atoms with Crippen LogP contribution in [0.1, 0.15) is 16.7 Å². The molecule has 0 aliphatic heterocycles. The molecule has 0 unspecified atom stereocenters. The monoisotopic (exact) mass is 230 g/mol. The van der Waals surface area contributed by atoms with Gasteiger partial charge in [-0.2, -0.15) is 0 Å². The van der Waals surface area contributed by atoms with Crippen LogP contribution in [0, 0.1) is 20.8 Å². The summed E-state index contributed by atoms with van der Waals surface area (Å²) in [6.45, 7) is 6.33. The number of hydrogen-bond donors (Lipinski definition) is 0. The summed E-state index contributed by atoms with van der Waals surface area (Å²) in [5.74, 6) is 0. The molecule has 2 aromatic carbocycles. The summed E-state index contributed by atoms with van der Waals surface area (Å²) in [6, 6.07) is 12.5. The molecule has 0 heterocycles. The van der Waals surface area contributed by atoms with Crippen LogP contribution in [0.2, 0.25) is 5.02 Å². The van der Waals surface area contributed by atoms with Gasteiger partial charge >= 0.3 is 0 Å². The van der Waals surface area contributed by atoms with Gasteiger partial charge in [0.05, 0.1) is 0 Å². The van der Waals surface area contributed by atoms with Crippen LogP contribution in [0.15, 0.2) is 36.4 Å². The van der Waals surface area contributed by atoms with Gasteiger partial charge < -0.3 is 0 Å². The third kappa shape index (κ3) is 1.85. The summed E-state index contributed by atoms with van der Waals surface area (Å²) in [5.41, 5.74) is 6.30. The van der Waals surface area contributed by atoms with E-state index in [1.165, 1.54) is 27.8 Å². The van der Waals surface area contributed by atoms with Crippen molar-refractivity contribution in [2.24, 2.45) is 0 Å². The van der Waals surface area contributed by atoms with Crippen LogP contribution in [0.25, 0.3) is 11.1 Å². The van der Waals surface area contributed by atoms with Crippen molar-refractivity contribution in [2.45, 2.75) is 20.8 Å². The summed E-state index contributed by atoms with van der Waals surface area (Å²) in [7, 11) is 0. The number of aryl methyl sites for hydroxylation is 1. The molecule has 16 heavy (non-hydrogen) atoms. The molecule has 0 N–H and O–H groups in total. The average Bonchev–Trinajstić information content (AvgIpc) is 2.28. The van der Waals surface area contributed by atoms with Crippen molar-refractivity contribution in [3.8, 4) is 11.1 Å².